The molecule has 0 aromatic heterocycles. The zero-order valence-electron chi connectivity index (χ0n) is 13.6. The number of hydrogen-bond acceptors (Lipinski definition) is 5. The third-order valence-corrected chi connectivity index (χ3v) is 3.66. The van der Waals surface area contributed by atoms with Gasteiger partial charge >= 0.3 is 5.97 Å². The molecule has 5 nitrogen and oxygen atoms in total. The van der Waals surface area contributed by atoms with E-state index in [4.69, 9.17) is 25.8 Å². The lowest BCUT2D eigenvalue weighted by molar-refractivity contribution is 0.0466. The molecule has 0 amide bonds. The smallest absolute Gasteiger partial charge is 0.342 e. The van der Waals surface area contributed by atoms with Gasteiger partial charge in [-0.05, 0) is 43.3 Å². The van der Waals surface area contributed by atoms with E-state index in [1.807, 2.05) is 0 Å². The van der Waals surface area contributed by atoms with Gasteiger partial charge in [-0.3, -0.25) is 4.79 Å². The second kappa shape index (κ2) is 7.84. The molecule has 2 rings (SSSR count). The van der Waals surface area contributed by atoms with E-state index in [0.29, 0.717) is 27.6 Å². The molecule has 0 atom stereocenters. The Morgan fingerprint density at radius 2 is 1.67 bits per heavy atom. The van der Waals surface area contributed by atoms with Crippen molar-refractivity contribution in [1.82, 2.24) is 0 Å². The van der Waals surface area contributed by atoms with Gasteiger partial charge in [-0.1, -0.05) is 11.6 Å². The second-order valence-electron chi connectivity index (χ2n) is 5.00. The van der Waals surface area contributed by atoms with Crippen LogP contribution in [0.4, 0.5) is 0 Å². The molecule has 24 heavy (non-hydrogen) atoms. The van der Waals surface area contributed by atoms with E-state index in [2.05, 4.69) is 0 Å². The fourth-order valence-corrected chi connectivity index (χ4v) is 2.34. The van der Waals surface area contributed by atoms with Gasteiger partial charge in [0.15, 0.2) is 5.78 Å². The summed E-state index contributed by atoms with van der Waals surface area (Å²) in [5, 5.41) is 0.402. The Morgan fingerprint density at radius 3 is 2.29 bits per heavy atom. The van der Waals surface area contributed by atoms with Gasteiger partial charge in [-0.2, -0.15) is 0 Å². The molecule has 2 aromatic carbocycles. The molecule has 0 aliphatic heterocycles. The van der Waals surface area contributed by atoms with Gasteiger partial charge in [0.1, 0.15) is 23.7 Å². The summed E-state index contributed by atoms with van der Waals surface area (Å²) < 4.78 is 15.7. The summed E-state index contributed by atoms with van der Waals surface area (Å²) in [4.78, 5) is 23.8. The summed E-state index contributed by atoms with van der Waals surface area (Å²) in [5.41, 5.74) is 1.34. The Balaban J connectivity index is 2.21. The normalized spacial score (nSPS) is 10.2. The first-order valence-corrected chi connectivity index (χ1v) is 7.52. The van der Waals surface area contributed by atoms with Crippen molar-refractivity contribution < 1.29 is 23.8 Å². The minimum Gasteiger partial charge on any atom is -0.496 e. The van der Waals surface area contributed by atoms with E-state index in [1.165, 1.54) is 27.2 Å². The molecule has 0 unspecified atom stereocenters. The highest BCUT2D eigenvalue weighted by molar-refractivity contribution is 6.31. The Labute approximate surface area is 145 Å². The molecule has 0 heterocycles. The molecular weight excluding hydrogens is 332 g/mol. The number of ketones is 1. The fraction of sp³-hybridized carbons (Fsp3) is 0.222. The van der Waals surface area contributed by atoms with E-state index in [0.717, 1.165) is 0 Å². The van der Waals surface area contributed by atoms with Crippen LogP contribution in [0.3, 0.4) is 0 Å². The monoisotopic (exact) mass is 348 g/mol. The van der Waals surface area contributed by atoms with Crippen LogP contribution in [-0.2, 0) is 11.3 Å². The third-order valence-electron chi connectivity index (χ3n) is 3.43. The maximum atomic E-state index is 12.3. The molecule has 0 bridgehead atoms. The van der Waals surface area contributed by atoms with E-state index in [9.17, 15) is 9.59 Å². The molecule has 0 saturated carbocycles. The summed E-state index contributed by atoms with van der Waals surface area (Å²) in [6.45, 7) is 1.42. The number of benzene rings is 2. The first-order chi connectivity index (χ1) is 11.5. The highest BCUT2D eigenvalue weighted by atomic mass is 35.5. The van der Waals surface area contributed by atoms with E-state index < -0.39 is 5.97 Å². The maximum Gasteiger partial charge on any atom is 0.342 e. The van der Waals surface area contributed by atoms with Crippen LogP contribution in [0.25, 0.3) is 0 Å². The SMILES string of the molecule is COc1ccc(C(C)=O)cc1COC(=O)c1cc(Cl)ccc1OC. The highest BCUT2D eigenvalue weighted by Crippen LogP contribution is 2.25. The standard InChI is InChI=1S/C18H17ClO5/c1-11(20)12-4-6-16(22-2)13(8-12)10-24-18(21)15-9-14(19)5-7-17(15)23-3/h4-9H,10H2,1-3H3. The van der Waals surface area contributed by atoms with E-state index >= 15 is 0 Å². The van der Waals surface area contributed by atoms with Gasteiger partial charge < -0.3 is 14.2 Å². The molecular formula is C18H17ClO5. The highest BCUT2D eigenvalue weighted by Gasteiger charge is 2.16. The Bertz CT molecular complexity index is 770. The number of rotatable bonds is 6. The molecule has 6 heteroatoms. The van der Waals surface area contributed by atoms with Crippen molar-refractivity contribution in [2.45, 2.75) is 13.5 Å². The van der Waals surface area contributed by atoms with Crippen molar-refractivity contribution in [3.05, 3.63) is 58.1 Å². The first-order valence-electron chi connectivity index (χ1n) is 7.14. The Morgan fingerprint density at radius 1 is 1.00 bits per heavy atom. The molecule has 0 spiro atoms. The van der Waals surface area contributed by atoms with E-state index in [-0.39, 0.29) is 18.0 Å². The van der Waals surface area contributed by atoms with Crippen LogP contribution in [0.5, 0.6) is 11.5 Å². The number of methoxy groups -OCH3 is 2. The summed E-state index contributed by atoms with van der Waals surface area (Å²) >= 11 is 5.92. The summed E-state index contributed by atoms with van der Waals surface area (Å²) in [6, 6.07) is 9.66. The fourth-order valence-electron chi connectivity index (χ4n) is 2.17. The van der Waals surface area contributed by atoms with Gasteiger partial charge in [-0.25, -0.2) is 4.79 Å². The Kier molecular flexibility index (Phi) is 5.82. The molecule has 0 fully saturated rings. The first kappa shape index (κ1) is 17.8. The summed E-state index contributed by atoms with van der Waals surface area (Å²) in [7, 11) is 2.97. The van der Waals surface area contributed by atoms with Crippen LogP contribution in [0, 0.1) is 0 Å². The van der Waals surface area contributed by atoms with Crippen molar-refractivity contribution in [3.63, 3.8) is 0 Å². The number of ether oxygens (including phenoxy) is 3. The van der Waals surface area contributed by atoms with E-state index in [1.54, 1.807) is 30.3 Å². The molecule has 126 valence electrons. The number of hydrogen-bond donors (Lipinski definition) is 0. The zero-order valence-corrected chi connectivity index (χ0v) is 14.3. The average molecular weight is 349 g/mol. The topological polar surface area (TPSA) is 61.8 Å². The number of esters is 1. The minimum atomic E-state index is -0.579. The quantitative estimate of drug-likeness (QED) is 0.585. The number of carbonyl (C=O) groups is 2. The van der Waals surface area contributed by atoms with Crippen LogP contribution in [-0.4, -0.2) is 26.0 Å². The number of carbonyl (C=O) groups excluding carboxylic acids is 2. The molecule has 2 aromatic rings. The molecule has 0 N–H and O–H groups in total. The second-order valence-corrected chi connectivity index (χ2v) is 5.44. The minimum absolute atomic E-state index is 0.0429. The average Bonchev–Trinajstić information content (AvgIpc) is 2.59. The third kappa shape index (κ3) is 4.06. The van der Waals surface area contributed by atoms with Crippen LogP contribution < -0.4 is 9.47 Å². The molecule has 0 aliphatic carbocycles. The Hall–Kier alpha value is -2.53. The van der Waals surface area contributed by atoms with Crippen LogP contribution in [0.2, 0.25) is 5.02 Å². The zero-order chi connectivity index (χ0) is 17.7. The number of halogens is 1. The van der Waals surface area contributed by atoms with Gasteiger partial charge in [-0.15, -0.1) is 0 Å². The van der Waals surface area contributed by atoms with Gasteiger partial charge in [0.2, 0.25) is 0 Å². The molecule has 0 aliphatic rings. The van der Waals surface area contributed by atoms with Crippen molar-refractivity contribution in [3.8, 4) is 11.5 Å². The van der Waals surface area contributed by atoms with Gasteiger partial charge in [0, 0.05) is 16.1 Å². The molecule has 0 saturated heterocycles. The predicted molar refractivity (Wildman–Crippen MR) is 90.1 cm³/mol. The largest absolute Gasteiger partial charge is 0.496 e. The van der Waals surface area contributed by atoms with Crippen LogP contribution >= 0.6 is 11.6 Å². The maximum absolute atomic E-state index is 12.3. The van der Waals surface area contributed by atoms with Crippen LogP contribution in [0.15, 0.2) is 36.4 Å². The lowest BCUT2D eigenvalue weighted by atomic mass is 10.1. The number of Topliss-reactive ketones (excluding diaryl/α,β-unsaturated/α-hetero) is 1. The van der Waals surface area contributed by atoms with Crippen molar-refractivity contribution >= 4 is 23.4 Å². The molecule has 0 radical (unpaired) electrons. The lowest BCUT2D eigenvalue weighted by Crippen LogP contribution is -2.08. The lowest BCUT2D eigenvalue weighted by Gasteiger charge is -2.12. The van der Waals surface area contributed by atoms with Gasteiger partial charge in [0.05, 0.1) is 14.2 Å². The van der Waals surface area contributed by atoms with Crippen molar-refractivity contribution in [2.24, 2.45) is 0 Å². The van der Waals surface area contributed by atoms with Gasteiger partial charge in [0.25, 0.3) is 0 Å². The van der Waals surface area contributed by atoms with Crippen LogP contribution in [0.1, 0.15) is 33.2 Å². The summed E-state index contributed by atoms with van der Waals surface area (Å²) in [5.74, 6) is 0.242. The summed E-state index contributed by atoms with van der Waals surface area (Å²) in [6.07, 6.45) is 0. The predicted octanol–water partition coefficient (Wildman–Crippen LogP) is 3.92. The van der Waals surface area contributed by atoms with Crippen molar-refractivity contribution in [2.75, 3.05) is 14.2 Å². The van der Waals surface area contributed by atoms with Crippen molar-refractivity contribution in [1.29, 1.82) is 0 Å².